The zero-order valence-electron chi connectivity index (χ0n) is 11.7. The van der Waals surface area contributed by atoms with Crippen LogP contribution < -0.4 is 5.32 Å². The summed E-state index contributed by atoms with van der Waals surface area (Å²) in [7, 11) is 0. The minimum atomic E-state index is -0.981. The molecule has 0 radical (unpaired) electrons. The number of carboxylic acid groups (broad SMARTS) is 1. The number of aliphatic carboxylic acids is 1. The van der Waals surface area contributed by atoms with Gasteiger partial charge in [-0.25, -0.2) is 4.79 Å². The molecule has 0 spiro atoms. The fourth-order valence-corrected chi connectivity index (χ4v) is 2.82. The Labute approximate surface area is 118 Å². The van der Waals surface area contributed by atoms with Crippen LogP contribution in [0.3, 0.4) is 0 Å². The molecule has 6 heteroatoms. The summed E-state index contributed by atoms with van der Waals surface area (Å²) in [6.45, 7) is 1.85. The molecule has 20 heavy (non-hydrogen) atoms. The summed E-state index contributed by atoms with van der Waals surface area (Å²) in [5.74, 6) is -1.32. The van der Waals surface area contributed by atoms with Crippen LogP contribution in [0.4, 0.5) is 0 Å². The van der Waals surface area contributed by atoms with Crippen molar-refractivity contribution < 1.29 is 24.2 Å². The van der Waals surface area contributed by atoms with Crippen molar-refractivity contribution >= 4 is 11.9 Å². The van der Waals surface area contributed by atoms with E-state index in [-0.39, 0.29) is 17.9 Å². The van der Waals surface area contributed by atoms with Gasteiger partial charge >= 0.3 is 5.97 Å². The Bertz CT molecular complexity index is 334. The standard InChI is InChI=1S/C14H23NO5/c16-12(6-5-11-4-2-8-20-11)15-13(14(17)18)10-3-1-7-19-9-10/h10-11,13H,1-9H2,(H,15,16)(H,17,18). The van der Waals surface area contributed by atoms with Gasteiger partial charge in [-0.3, -0.25) is 4.79 Å². The minimum absolute atomic E-state index is 0.132. The van der Waals surface area contributed by atoms with Crippen molar-refractivity contribution in [1.29, 1.82) is 0 Å². The fraction of sp³-hybridized carbons (Fsp3) is 0.857. The van der Waals surface area contributed by atoms with Crippen LogP contribution in [-0.4, -0.2) is 48.9 Å². The Morgan fingerprint density at radius 2 is 2.05 bits per heavy atom. The SMILES string of the molecule is O=C(CCC1CCCO1)NC(C(=O)O)C1CCCOC1. The lowest BCUT2D eigenvalue weighted by Crippen LogP contribution is -2.48. The normalized spacial score (nSPS) is 28.0. The molecule has 2 aliphatic heterocycles. The van der Waals surface area contributed by atoms with Crippen LogP contribution in [0.2, 0.25) is 0 Å². The highest BCUT2D eigenvalue weighted by molar-refractivity contribution is 5.83. The molecule has 0 aromatic heterocycles. The largest absolute Gasteiger partial charge is 0.480 e. The molecule has 6 nitrogen and oxygen atoms in total. The van der Waals surface area contributed by atoms with E-state index in [9.17, 15) is 14.7 Å². The Morgan fingerprint density at radius 3 is 2.65 bits per heavy atom. The number of ether oxygens (including phenoxy) is 2. The van der Waals surface area contributed by atoms with Crippen molar-refractivity contribution in [1.82, 2.24) is 5.32 Å². The van der Waals surface area contributed by atoms with Crippen molar-refractivity contribution in [3.05, 3.63) is 0 Å². The van der Waals surface area contributed by atoms with Gasteiger partial charge < -0.3 is 19.9 Å². The lowest BCUT2D eigenvalue weighted by atomic mass is 9.93. The van der Waals surface area contributed by atoms with Gasteiger partial charge in [0.2, 0.25) is 5.91 Å². The highest BCUT2D eigenvalue weighted by atomic mass is 16.5. The number of carbonyl (C=O) groups excluding carboxylic acids is 1. The van der Waals surface area contributed by atoms with Gasteiger partial charge in [-0.15, -0.1) is 0 Å². The monoisotopic (exact) mass is 285 g/mol. The second-order valence-corrected chi connectivity index (χ2v) is 5.53. The van der Waals surface area contributed by atoms with E-state index in [1.54, 1.807) is 0 Å². The van der Waals surface area contributed by atoms with Crippen molar-refractivity contribution in [2.45, 2.75) is 50.7 Å². The number of rotatable bonds is 6. The third kappa shape index (κ3) is 4.45. The Kier molecular flexibility index (Phi) is 5.79. The van der Waals surface area contributed by atoms with E-state index in [1.807, 2.05) is 0 Å². The van der Waals surface area contributed by atoms with Gasteiger partial charge in [-0.2, -0.15) is 0 Å². The second-order valence-electron chi connectivity index (χ2n) is 5.53. The van der Waals surface area contributed by atoms with Crippen LogP contribution in [0, 0.1) is 5.92 Å². The first-order valence-electron chi connectivity index (χ1n) is 7.38. The van der Waals surface area contributed by atoms with Crippen LogP contribution in [0.25, 0.3) is 0 Å². The number of hydrogen-bond acceptors (Lipinski definition) is 4. The Morgan fingerprint density at radius 1 is 1.25 bits per heavy atom. The summed E-state index contributed by atoms with van der Waals surface area (Å²) in [6.07, 6.45) is 4.81. The zero-order valence-corrected chi connectivity index (χ0v) is 11.7. The zero-order chi connectivity index (χ0) is 14.4. The molecule has 0 aromatic rings. The average molecular weight is 285 g/mol. The van der Waals surface area contributed by atoms with E-state index in [1.165, 1.54) is 0 Å². The first-order chi connectivity index (χ1) is 9.66. The fourth-order valence-electron chi connectivity index (χ4n) is 2.82. The molecule has 2 aliphatic rings. The third-order valence-corrected chi connectivity index (χ3v) is 3.97. The predicted molar refractivity (Wildman–Crippen MR) is 71.3 cm³/mol. The Balaban J connectivity index is 1.77. The molecule has 0 bridgehead atoms. The van der Waals surface area contributed by atoms with Crippen LogP contribution in [0.15, 0.2) is 0 Å². The lowest BCUT2D eigenvalue weighted by Gasteiger charge is -2.28. The molecule has 3 unspecified atom stereocenters. The maximum atomic E-state index is 11.9. The molecule has 1 amide bonds. The van der Waals surface area contributed by atoms with Crippen LogP contribution in [0.1, 0.15) is 38.5 Å². The minimum Gasteiger partial charge on any atom is -0.480 e. The molecule has 114 valence electrons. The summed E-state index contributed by atoms with van der Waals surface area (Å²) in [5, 5.41) is 11.9. The van der Waals surface area contributed by atoms with Gasteiger partial charge in [0.1, 0.15) is 6.04 Å². The van der Waals surface area contributed by atoms with Crippen LogP contribution >= 0.6 is 0 Å². The van der Waals surface area contributed by atoms with Crippen molar-refractivity contribution in [3.63, 3.8) is 0 Å². The van der Waals surface area contributed by atoms with Gasteiger partial charge in [0.15, 0.2) is 0 Å². The molecule has 2 rings (SSSR count). The van der Waals surface area contributed by atoms with Crippen molar-refractivity contribution in [2.75, 3.05) is 19.8 Å². The summed E-state index contributed by atoms with van der Waals surface area (Å²) in [4.78, 5) is 23.2. The predicted octanol–water partition coefficient (Wildman–Crippen LogP) is 0.942. The summed E-state index contributed by atoms with van der Waals surface area (Å²) in [5.41, 5.74) is 0. The molecule has 3 atom stereocenters. The highest BCUT2D eigenvalue weighted by Crippen LogP contribution is 2.19. The maximum Gasteiger partial charge on any atom is 0.326 e. The third-order valence-electron chi connectivity index (χ3n) is 3.97. The molecule has 0 aliphatic carbocycles. The second kappa shape index (κ2) is 7.59. The summed E-state index contributed by atoms with van der Waals surface area (Å²) < 4.78 is 10.8. The van der Waals surface area contributed by atoms with Gasteiger partial charge in [0.25, 0.3) is 0 Å². The first-order valence-corrected chi connectivity index (χ1v) is 7.38. The lowest BCUT2D eigenvalue weighted by molar-refractivity contribution is -0.145. The van der Waals surface area contributed by atoms with Crippen LogP contribution in [-0.2, 0) is 19.1 Å². The van der Waals surface area contributed by atoms with E-state index < -0.39 is 12.0 Å². The first kappa shape index (κ1) is 15.3. The maximum absolute atomic E-state index is 11.9. The van der Waals surface area contributed by atoms with Gasteiger partial charge in [0.05, 0.1) is 12.7 Å². The van der Waals surface area contributed by atoms with E-state index >= 15 is 0 Å². The molecular weight excluding hydrogens is 262 g/mol. The van der Waals surface area contributed by atoms with Crippen molar-refractivity contribution in [2.24, 2.45) is 5.92 Å². The van der Waals surface area contributed by atoms with Crippen molar-refractivity contribution in [3.8, 4) is 0 Å². The number of carboxylic acids is 1. The van der Waals surface area contributed by atoms with E-state index in [0.29, 0.717) is 26.1 Å². The number of hydrogen-bond donors (Lipinski definition) is 2. The topological polar surface area (TPSA) is 84.9 Å². The number of carbonyl (C=O) groups is 2. The molecular formula is C14H23NO5. The number of amides is 1. The van der Waals surface area contributed by atoms with E-state index in [2.05, 4.69) is 5.32 Å². The summed E-state index contributed by atoms with van der Waals surface area (Å²) >= 11 is 0. The molecule has 2 saturated heterocycles. The average Bonchev–Trinajstić information content (AvgIpc) is 2.96. The van der Waals surface area contributed by atoms with Gasteiger partial charge in [0, 0.05) is 25.6 Å². The molecule has 2 fully saturated rings. The number of nitrogens with one attached hydrogen (secondary N) is 1. The highest BCUT2D eigenvalue weighted by Gasteiger charge is 2.31. The van der Waals surface area contributed by atoms with Crippen LogP contribution in [0.5, 0.6) is 0 Å². The molecule has 2 heterocycles. The summed E-state index contributed by atoms with van der Waals surface area (Å²) in [6, 6.07) is -0.840. The quantitative estimate of drug-likeness (QED) is 0.758. The smallest absolute Gasteiger partial charge is 0.326 e. The van der Waals surface area contributed by atoms with E-state index in [0.717, 1.165) is 32.3 Å². The van der Waals surface area contributed by atoms with Gasteiger partial charge in [-0.05, 0) is 32.1 Å². The molecule has 2 N–H and O–H groups in total. The molecule has 0 saturated carbocycles. The van der Waals surface area contributed by atoms with E-state index in [4.69, 9.17) is 9.47 Å². The molecule has 0 aromatic carbocycles. The van der Waals surface area contributed by atoms with Gasteiger partial charge in [-0.1, -0.05) is 0 Å². The Hall–Kier alpha value is -1.14.